The molecule has 0 radical (unpaired) electrons. The van der Waals surface area contributed by atoms with Crippen molar-refractivity contribution in [2.24, 2.45) is 0 Å². The minimum Gasteiger partial charge on any atom is -0.494 e. The lowest BCUT2D eigenvalue weighted by Gasteiger charge is -2.09. The molecule has 3 aromatic rings. The number of hydrogen-bond donors (Lipinski definition) is 1. The average molecular weight is 379 g/mol. The molecule has 0 saturated carbocycles. The summed E-state index contributed by atoms with van der Waals surface area (Å²) < 4.78 is 12.9. The van der Waals surface area contributed by atoms with Crippen LogP contribution >= 0.6 is 0 Å². The van der Waals surface area contributed by atoms with Crippen LogP contribution in [-0.4, -0.2) is 28.9 Å². The van der Waals surface area contributed by atoms with Gasteiger partial charge < -0.3 is 14.8 Å². The Balaban J connectivity index is 1.60. The van der Waals surface area contributed by atoms with E-state index in [0.29, 0.717) is 18.0 Å². The van der Waals surface area contributed by atoms with Gasteiger partial charge in [0.05, 0.1) is 29.4 Å². The van der Waals surface area contributed by atoms with Crippen molar-refractivity contribution in [3.05, 3.63) is 66.0 Å². The van der Waals surface area contributed by atoms with Crippen LogP contribution in [0.25, 0.3) is 5.69 Å². The highest BCUT2D eigenvalue weighted by atomic mass is 16.5. The molecule has 0 aliphatic heterocycles. The lowest BCUT2D eigenvalue weighted by Crippen LogP contribution is -2.20. The quantitative estimate of drug-likeness (QED) is 0.634. The third kappa shape index (κ3) is 4.71. The zero-order valence-electron chi connectivity index (χ0n) is 16.4. The van der Waals surface area contributed by atoms with E-state index in [2.05, 4.69) is 17.3 Å². The summed E-state index contributed by atoms with van der Waals surface area (Å²) in [6.07, 6.45) is 0.956. The minimum atomic E-state index is -0.231. The molecule has 6 heteroatoms. The highest BCUT2D eigenvalue weighted by Gasteiger charge is 2.15. The van der Waals surface area contributed by atoms with E-state index in [1.165, 1.54) is 0 Å². The zero-order chi connectivity index (χ0) is 19.9. The molecule has 2 aromatic carbocycles. The Morgan fingerprint density at radius 2 is 1.64 bits per heavy atom. The highest BCUT2D eigenvalue weighted by molar-refractivity contribution is 5.93. The first-order valence-electron chi connectivity index (χ1n) is 9.35. The Morgan fingerprint density at radius 1 is 1.00 bits per heavy atom. The first-order valence-corrected chi connectivity index (χ1v) is 9.35. The van der Waals surface area contributed by atoms with E-state index in [1.807, 2.05) is 61.0 Å². The Kier molecular flexibility index (Phi) is 6.32. The van der Waals surface area contributed by atoms with Crippen molar-refractivity contribution < 1.29 is 14.3 Å². The third-order valence-corrected chi connectivity index (χ3v) is 4.22. The molecule has 0 unspecified atom stereocenters. The van der Waals surface area contributed by atoms with E-state index in [0.717, 1.165) is 29.2 Å². The fourth-order valence-corrected chi connectivity index (χ4v) is 2.82. The second-order valence-electron chi connectivity index (χ2n) is 6.45. The number of carbonyl (C=O) groups is 1. The number of aryl methyl sites for hydroxylation is 1. The van der Waals surface area contributed by atoms with Crippen LogP contribution in [-0.2, 0) is 4.79 Å². The van der Waals surface area contributed by atoms with E-state index in [-0.39, 0.29) is 12.5 Å². The van der Waals surface area contributed by atoms with Gasteiger partial charge in [-0.25, -0.2) is 4.68 Å². The van der Waals surface area contributed by atoms with Crippen LogP contribution in [0.2, 0.25) is 0 Å². The predicted octanol–water partition coefficient (Wildman–Crippen LogP) is 4.30. The number of benzene rings is 2. The van der Waals surface area contributed by atoms with Crippen molar-refractivity contribution in [3.63, 3.8) is 0 Å². The van der Waals surface area contributed by atoms with E-state index in [4.69, 9.17) is 9.47 Å². The second-order valence-corrected chi connectivity index (χ2v) is 6.45. The second kappa shape index (κ2) is 9.08. The number of amides is 1. The number of anilines is 1. The lowest BCUT2D eigenvalue weighted by molar-refractivity contribution is -0.118. The van der Waals surface area contributed by atoms with Crippen molar-refractivity contribution in [3.8, 4) is 17.2 Å². The van der Waals surface area contributed by atoms with Gasteiger partial charge in [-0.15, -0.1) is 0 Å². The van der Waals surface area contributed by atoms with E-state index >= 15 is 0 Å². The number of ether oxygens (including phenoxy) is 2. The van der Waals surface area contributed by atoms with Crippen LogP contribution in [0, 0.1) is 13.8 Å². The molecule has 1 heterocycles. The Labute approximate surface area is 165 Å². The summed E-state index contributed by atoms with van der Waals surface area (Å²) >= 11 is 0. The number of carbonyl (C=O) groups excluding carboxylic acids is 1. The molecule has 1 N–H and O–H groups in total. The normalized spacial score (nSPS) is 10.5. The van der Waals surface area contributed by atoms with Crippen molar-refractivity contribution in [1.82, 2.24) is 9.78 Å². The van der Waals surface area contributed by atoms with Gasteiger partial charge in [-0.3, -0.25) is 4.79 Å². The molecule has 0 aliphatic carbocycles. The average Bonchev–Trinajstić information content (AvgIpc) is 3.00. The van der Waals surface area contributed by atoms with Gasteiger partial charge in [-0.05, 0) is 56.7 Å². The molecule has 0 atom stereocenters. The maximum absolute atomic E-state index is 12.3. The van der Waals surface area contributed by atoms with Crippen LogP contribution in [0.4, 0.5) is 5.69 Å². The SMILES string of the molecule is CCCOc1ccc(OCC(=O)Nc2c(C)nn(-c3ccccc3)c2C)cc1. The molecule has 0 spiro atoms. The van der Waals surface area contributed by atoms with Crippen molar-refractivity contribution >= 4 is 11.6 Å². The summed E-state index contributed by atoms with van der Waals surface area (Å²) in [5.74, 6) is 1.18. The lowest BCUT2D eigenvalue weighted by atomic mass is 10.3. The number of aromatic nitrogens is 2. The summed E-state index contributed by atoms with van der Waals surface area (Å²) in [5.41, 5.74) is 3.28. The van der Waals surface area contributed by atoms with Crippen LogP contribution in [0.3, 0.4) is 0 Å². The van der Waals surface area contributed by atoms with Gasteiger partial charge in [0.2, 0.25) is 0 Å². The first kappa shape index (κ1) is 19.5. The maximum atomic E-state index is 12.3. The van der Waals surface area contributed by atoms with Gasteiger partial charge in [-0.1, -0.05) is 25.1 Å². The molecule has 3 rings (SSSR count). The fraction of sp³-hybridized carbons (Fsp3) is 0.273. The molecular formula is C22H25N3O3. The summed E-state index contributed by atoms with van der Waals surface area (Å²) in [7, 11) is 0. The van der Waals surface area contributed by atoms with Crippen molar-refractivity contribution in [2.45, 2.75) is 27.2 Å². The molecule has 1 amide bonds. The van der Waals surface area contributed by atoms with Crippen molar-refractivity contribution in [1.29, 1.82) is 0 Å². The molecule has 0 fully saturated rings. The van der Waals surface area contributed by atoms with Crippen molar-refractivity contribution in [2.75, 3.05) is 18.5 Å². The van der Waals surface area contributed by atoms with Crippen LogP contribution in [0.15, 0.2) is 54.6 Å². The molecule has 146 valence electrons. The predicted molar refractivity (Wildman–Crippen MR) is 109 cm³/mol. The largest absolute Gasteiger partial charge is 0.494 e. The van der Waals surface area contributed by atoms with E-state index < -0.39 is 0 Å². The van der Waals surface area contributed by atoms with Gasteiger partial charge in [0, 0.05) is 0 Å². The summed E-state index contributed by atoms with van der Waals surface area (Å²) in [5, 5.41) is 7.44. The van der Waals surface area contributed by atoms with E-state index in [9.17, 15) is 4.79 Å². The molecular weight excluding hydrogens is 354 g/mol. The monoisotopic (exact) mass is 379 g/mol. The van der Waals surface area contributed by atoms with Gasteiger partial charge >= 0.3 is 0 Å². The molecule has 0 bridgehead atoms. The number of nitrogens with one attached hydrogen (secondary N) is 1. The Morgan fingerprint density at radius 3 is 2.29 bits per heavy atom. The van der Waals surface area contributed by atoms with Crippen LogP contribution < -0.4 is 14.8 Å². The number of nitrogens with zero attached hydrogens (tertiary/aromatic N) is 2. The van der Waals surface area contributed by atoms with Crippen LogP contribution in [0.1, 0.15) is 24.7 Å². The third-order valence-electron chi connectivity index (χ3n) is 4.22. The molecule has 1 aromatic heterocycles. The number of rotatable bonds is 8. The summed E-state index contributed by atoms with van der Waals surface area (Å²) in [4.78, 5) is 12.3. The first-order chi connectivity index (χ1) is 13.6. The minimum absolute atomic E-state index is 0.0788. The Hall–Kier alpha value is -3.28. The highest BCUT2D eigenvalue weighted by Crippen LogP contribution is 2.23. The standard InChI is InChI=1S/C22H25N3O3/c1-4-14-27-19-10-12-20(13-11-19)28-15-21(26)23-22-16(2)24-25(17(22)3)18-8-6-5-7-9-18/h5-13H,4,14-15H2,1-3H3,(H,23,26). The fourth-order valence-electron chi connectivity index (χ4n) is 2.82. The molecule has 6 nitrogen and oxygen atoms in total. The molecule has 0 aliphatic rings. The van der Waals surface area contributed by atoms with Gasteiger partial charge in [-0.2, -0.15) is 5.10 Å². The zero-order valence-corrected chi connectivity index (χ0v) is 16.4. The number of hydrogen-bond acceptors (Lipinski definition) is 4. The van der Waals surface area contributed by atoms with Gasteiger partial charge in [0.1, 0.15) is 11.5 Å². The maximum Gasteiger partial charge on any atom is 0.262 e. The van der Waals surface area contributed by atoms with Crippen LogP contribution in [0.5, 0.6) is 11.5 Å². The number of para-hydroxylation sites is 1. The molecule has 0 saturated heterocycles. The Bertz CT molecular complexity index is 918. The van der Waals surface area contributed by atoms with E-state index in [1.54, 1.807) is 12.1 Å². The topological polar surface area (TPSA) is 65.4 Å². The summed E-state index contributed by atoms with van der Waals surface area (Å²) in [6.45, 7) is 6.46. The molecule has 28 heavy (non-hydrogen) atoms. The van der Waals surface area contributed by atoms with Gasteiger partial charge in [0.15, 0.2) is 6.61 Å². The van der Waals surface area contributed by atoms with Gasteiger partial charge in [0.25, 0.3) is 5.91 Å². The smallest absolute Gasteiger partial charge is 0.262 e. The summed E-state index contributed by atoms with van der Waals surface area (Å²) in [6, 6.07) is 17.1.